The number of aryl methyl sites for hydroxylation is 1. The highest BCUT2D eigenvalue weighted by atomic mass is 16.6. The number of rotatable bonds is 12. The predicted molar refractivity (Wildman–Crippen MR) is 115 cm³/mol. The maximum absolute atomic E-state index is 12.2. The van der Waals surface area contributed by atoms with Crippen LogP contribution in [0.3, 0.4) is 0 Å². The van der Waals surface area contributed by atoms with Crippen molar-refractivity contribution in [3.8, 4) is 11.5 Å². The van der Waals surface area contributed by atoms with Gasteiger partial charge < -0.3 is 24.9 Å². The molecule has 3 rings (SSSR count). The van der Waals surface area contributed by atoms with Gasteiger partial charge in [0.2, 0.25) is 0 Å². The van der Waals surface area contributed by atoms with Gasteiger partial charge in [-0.05, 0) is 87.3 Å². The van der Waals surface area contributed by atoms with Gasteiger partial charge in [0.1, 0.15) is 13.2 Å². The predicted octanol–water partition coefficient (Wildman–Crippen LogP) is 4.27. The van der Waals surface area contributed by atoms with Crippen molar-refractivity contribution in [3.63, 3.8) is 0 Å². The molecule has 29 heavy (non-hydrogen) atoms. The number of nitrogens with one attached hydrogen (secondary N) is 1. The number of unbranched alkanes of at least 4 members (excludes halogenated alkanes) is 4. The average Bonchev–Trinajstić information content (AvgIpc) is 3.24. The summed E-state index contributed by atoms with van der Waals surface area (Å²) in [5, 5.41) is 20.1. The largest absolute Gasteiger partial charge is 0.862 e. The van der Waals surface area contributed by atoms with E-state index in [4.69, 9.17) is 14.9 Å². The lowest BCUT2D eigenvalue weighted by atomic mass is 9.87. The van der Waals surface area contributed by atoms with E-state index in [-0.39, 0.29) is 5.92 Å². The number of ether oxygens (including phenoxy) is 2. The molecule has 0 amide bonds. The number of fused-ring (bicyclic) bond motifs is 1. The molecule has 2 heterocycles. The molecule has 0 bridgehead atoms. The molecule has 1 N–H and O–H groups in total. The van der Waals surface area contributed by atoms with E-state index in [9.17, 15) is 5.11 Å². The molecule has 162 valence electrons. The minimum atomic E-state index is -0.475. The van der Waals surface area contributed by atoms with Crippen LogP contribution >= 0.6 is 0 Å². The molecule has 1 saturated heterocycles. The lowest BCUT2D eigenvalue weighted by Gasteiger charge is -2.28. The van der Waals surface area contributed by atoms with Crippen LogP contribution < -0.4 is 14.6 Å². The van der Waals surface area contributed by atoms with Crippen molar-refractivity contribution in [3.05, 3.63) is 23.3 Å². The van der Waals surface area contributed by atoms with Gasteiger partial charge in [-0.25, -0.2) is 0 Å². The number of hydrogen-bond acceptors (Lipinski definition) is 5. The van der Waals surface area contributed by atoms with Gasteiger partial charge in [0.05, 0.1) is 0 Å². The first-order valence-electron chi connectivity index (χ1n) is 11.6. The van der Waals surface area contributed by atoms with Crippen LogP contribution in [0.25, 0.3) is 0 Å². The third-order valence-electron chi connectivity index (χ3n) is 6.21. The summed E-state index contributed by atoms with van der Waals surface area (Å²) in [6.07, 6.45) is 11.1. The average molecular weight is 402 g/mol. The highest BCUT2D eigenvalue weighted by Crippen LogP contribution is 2.38. The van der Waals surface area contributed by atoms with Crippen LogP contribution in [0.1, 0.15) is 81.8 Å². The summed E-state index contributed by atoms with van der Waals surface area (Å²) in [6.45, 7) is 6.94. The minimum absolute atomic E-state index is 0.351. The van der Waals surface area contributed by atoms with Gasteiger partial charge in [-0.15, -0.1) is 0 Å². The SMILES string of the molecule is CCCCCCC(C(=N)[O-])c1cc2c(cc1CCCCN1CCCC1)OCCO2. The van der Waals surface area contributed by atoms with Crippen LogP contribution in [0.4, 0.5) is 0 Å². The normalized spacial score (nSPS) is 17.4. The fraction of sp³-hybridized carbons (Fsp3) is 0.708. The second kappa shape index (κ2) is 11.4. The second-order valence-corrected chi connectivity index (χ2v) is 8.47. The zero-order valence-electron chi connectivity index (χ0n) is 18.0. The molecule has 0 spiro atoms. The molecule has 1 atom stereocenters. The lowest BCUT2D eigenvalue weighted by molar-refractivity contribution is -0.222. The van der Waals surface area contributed by atoms with Crippen molar-refractivity contribution in [1.82, 2.24) is 4.90 Å². The summed E-state index contributed by atoms with van der Waals surface area (Å²) in [6, 6.07) is 4.06. The zero-order valence-corrected chi connectivity index (χ0v) is 18.0. The number of hydrogen-bond donors (Lipinski definition) is 1. The Morgan fingerprint density at radius 2 is 1.76 bits per heavy atom. The van der Waals surface area contributed by atoms with Gasteiger partial charge in [0, 0.05) is 5.92 Å². The molecule has 0 aliphatic carbocycles. The highest BCUT2D eigenvalue weighted by molar-refractivity contribution is 5.78. The summed E-state index contributed by atoms with van der Waals surface area (Å²) in [7, 11) is 0. The molecule has 0 saturated carbocycles. The molecular weight excluding hydrogens is 364 g/mol. The Bertz CT molecular complexity index is 656. The monoisotopic (exact) mass is 401 g/mol. The van der Waals surface area contributed by atoms with E-state index in [0.29, 0.717) is 13.2 Å². The molecule has 5 nitrogen and oxygen atoms in total. The molecule has 2 aliphatic heterocycles. The maximum atomic E-state index is 12.2. The molecule has 5 heteroatoms. The van der Waals surface area contributed by atoms with Crippen molar-refractivity contribution in [1.29, 1.82) is 5.41 Å². The Morgan fingerprint density at radius 1 is 1.03 bits per heavy atom. The Kier molecular flexibility index (Phi) is 8.66. The molecule has 1 fully saturated rings. The molecule has 0 radical (unpaired) electrons. The summed E-state index contributed by atoms with van der Waals surface area (Å²) in [5.41, 5.74) is 2.16. The number of likely N-dealkylation sites (tertiary alicyclic amines) is 1. The first kappa shape index (κ1) is 21.9. The molecule has 1 aromatic carbocycles. The van der Waals surface area contributed by atoms with Gasteiger partial charge in [-0.3, -0.25) is 0 Å². The van der Waals surface area contributed by atoms with E-state index in [1.54, 1.807) is 0 Å². The van der Waals surface area contributed by atoms with Gasteiger partial charge in [-0.2, -0.15) is 0 Å². The van der Waals surface area contributed by atoms with E-state index < -0.39 is 5.90 Å². The third-order valence-corrected chi connectivity index (χ3v) is 6.21. The first-order valence-corrected chi connectivity index (χ1v) is 11.6. The van der Waals surface area contributed by atoms with Gasteiger partial charge in [-0.1, -0.05) is 32.6 Å². The lowest BCUT2D eigenvalue weighted by Crippen LogP contribution is -2.26. The van der Waals surface area contributed by atoms with Gasteiger partial charge in [0.15, 0.2) is 11.5 Å². The van der Waals surface area contributed by atoms with Crippen molar-refractivity contribution in [2.45, 2.75) is 77.0 Å². The van der Waals surface area contributed by atoms with Gasteiger partial charge in [0.25, 0.3) is 0 Å². The fourth-order valence-electron chi connectivity index (χ4n) is 4.55. The molecule has 2 aliphatic rings. The van der Waals surface area contributed by atoms with Crippen LogP contribution in [-0.2, 0) is 6.42 Å². The zero-order chi connectivity index (χ0) is 20.5. The number of benzene rings is 1. The second-order valence-electron chi connectivity index (χ2n) is 8.47. The van der Waals surface area contributed by atoms with Crippen LogP contribution in [0, 0.1) is 5.41 Å². The minimum Gasteiger partial charge on any atom is -0.862 e. The van der Waals surface area contributed by atoms with Crippen LogP contribution in [0.15, 0.2) is 12.1 Å². The maximum Gasteiger partial charge on any atom is 0.161 e. The van der Waals surface area contributed by atoms with E-state index in [1.807, 2.05) is 6.07 Å². The van der Waals surface area contributed by atoms with Crippen molar-refractivity contribution in [2.75, 3.05) is 32.8 Å². The Morgan fingerprint density at radius 3 is 2.45 bits per heavy atom. The van der Waals surface area contributed by atoms with E-state index in [2.05, 4.69) is 17.9 Å². The number of nitrogens with zero attached hydrogens (tertiary/aromatic N) is 1. The fourth-order valence-corrected chi connectivity index (χ4v) is 4.55. The molecule has 1 aromatic rings. The summed E-state index contributed by atoms with van der Waals surface area (Å²) < 4.78 is 11.6. The van der Waals surface area contributed by atoms with Crippen molar-refractivity contribution in [2.24, 2.45) is 0 Å². The van der Waals surface area contributed by atoms with E-state index in [1.165, 1.54) is 45.2 Å². The standard InChI is InChI=1S/C24H38N2O3/c1-2-3-4-5-11-20(24(25)27)21-18-23-22(28-15-16-29-23)17-19(21)10-6-7-12-26-13-8-9-14-26/h17-18,20H,2-16H2,1H3,(H2,25,27)/p-1. The van der Waals surface area contributed by atoms with Gasteiger partial charge >= 0.3 is 0 Å². The summed E-state index contributed by atoms with van der Waals surface area (Å²) in [5.74, 6) is 0.691. The highest BCUT2D eigenvalue weighted by Gasteiger charge is 2.21. The quantitative estimate of drug-likeness (QED) is 0.323. The summed E-state index contributed by atoms with van der Waals surface area (Å²) >= 11 is 0. The Hall–Kier alpha value is -1.75. The van der Waals surface area contributed by atoms with Crippen LogP contribution in [0.2, 0.25) is 0 Å². The van der Waals surface area contributed by atoms with Crippen molar-refractivity contribution >= 4 is 5.90 Å². The summed E-state index contributed by atoms with van der Waals surface area (Å²) in [4.78, 5) is 2.55. The van der Waals surface area contributed by atoms with Crippen LogP contribution in [-0.4, -0.2) is 43.6 Å². The van der Waals surface area contributed by atoms with Crippen molar-refractivity contribution < 1.29 is 14.6 Å². The Labute approximate surface area is 175 Å². The molecule has 0 aromatic heterocycles. The van der Waals surface area contributed by atoms with Crippen LogP contribution in [0.5, 0.6) is 11.5 Å². The van der Waals surface area contributed by atoms with E-state index >= 15 is 0 Å². The topological polar surface area (TPSA) is 68.6 Å². The smallest absolute Gasteiger partial charge is 0.161 e. The first-order chi connectivity index (χ1) is 14.2. The Balaban J connectivity index is 1.70. The molecule has 1 unspecified atom stereocenters. The van der Waals surface area contributed by atoms with E-state index in [0.717, 1.165) is 61.3 Å². The molecular formula is C24H37N2O3-. The third kappa shape index (κ3) is 6.36.